The van der Waals surface area contributed by atoms with E-state index in [2.05, 4.69) is 5.92 Å². The van der Waals surface area contributed by atoms with Crippen LogP contribution in [-0.4, -0.2) is 43.2 Å². The third-order valence-electron chi connectivity index (χ3n) is 1.86. The molecule has 1 heterocycles. The second kappa shape index (κ2) is 4.10. The maximum Gasteiger partial charge on any atom is 0.237 e. The Labute approximate surface area is 71.7 Å². The quantitative estimate of drug-likeness (QED) is 0.527. The highest BCUT2D eigenvalue weighted by Crippen LogP contribution is 2.04. The molecule has 0 spiro atoms. The van der Waals surface area contributed by atoms with Crippen LogP contribution in [0, 0.1) is 12.3 Å². The number of amides is 1. The van der Waals surface area contributed by atoms with Gasteiger partial charge in [0, 0.05) is 6.54 Å². The zero-order valence-corrected chi connectivity index (χ0v) is 6.82. The van der Waals surface area contributed by atoms with Gasteiger partial charge in [0.05, 0.1) is 19.8 Å². The van der Waals surface area contributed by atoms with Gasteiger partial charge in [-0.05, 0) is 0 Å². The predicted molar refractivity (Wildman–Crippen MR) is 44.2 cm³/mol. The van der Waals surface area contributed by atoms with E-state index in [1.165, 1.54) is 0 Å². The lowest BCUT2D eigenvalue weighted by Gasteiger charge is -2.31. The molecule has 0 saturated carbocycles. The molecule has 0 aromatic carbocycles. The Morgan fingerprint density at radius 1 is 1.83 bits per heavy atom. The number of nitrogens with two attached hydrogens (primary N) is 1. The summed E-state index contributed by atoms with van der Waals surface area (Å²) in [5, 5.41) is 0. The maximum atomic E-state index is 10.9. The van der Waals surface area contributed by atoms with Crippen molar-refractivity contribution in [2.75, 3.05) is 26.3 Å². The first kappa shape index (κ1) is 9.04. The van der Waals surface area contributed by atoms with E-state index in [-0.39, 0.29) is 11.9 Å². The molecule has 1 saturated heterocycles. The molecule has 1 fully saturated rings. The van der Waals surface area contributed by atoms with Gasteiger partial charge in [-0.15, -0.1) is 6.42 Å². The number of morpholine rings is 1. The Morgan fingerprint density at radius 2 is 2.58 bits per heavy atom. The summed E-state index contributed by atoms with van der Waals surface area (Å²) in [5.74, 6) is 2.11. The van der Waals surface area contributed by atoms with Crippen LogP contribution < -0.4 is 5.73 Å². The van der Waals surface area contributed by atoms with Gasteiger partial charge in [0.15, 0.2) is 0 Å². The highest BCUT2D eigenvalue weighted by molar-refractivity contribution is 5.80. The van der Waals surface area contributed by atoms with Gasteiger partial charge in [-0.2, -0.15) is 0 Å². The molecule has 0 aromatic rings. The summed E-state index contributed by atoms with van der Waals surface area (Å²) >= 11 is 0. The van der Waals surface area contributed by atoms with Crippen molar-refractivity contribution >= 4 is 5.91 Å². The van der Waals surface area contributed by atoms with Gasteiger partial charge < -0.3 is 10.5 Å². The van der Waals surface area contributed by atoms with E-state index < -0.39 is 0 Å². The van der Waals surface area contributed by atoms with Gasteiger partial charge in [0.25, 0.3) is 0 Å². The topological polar surface area (TPSA) is 55.6 Å². The zero-order chi connectivity index (χ0) is 8.97. The summed E-state index contributed by atoms with van der Waals surface area (Å²) in [7, 11) is 0. The summed E-state index contributed by atoms with van der Waals surface area (Å²) < 4.78 is 5.11. The number of primary amides is 1. The number of ether oxygens (including phenoxy) is 1. The Morgan fingerprint density at radius 3 is 3.17 bits per heavy atom. The van der Waals surface area contributed by atoms with Crippen LogP contribution >= 0.6 is 0 Å². The number of rotatable bonds is 2. The molecule has 0 aromatic heterocycles. The van der Waals surface area contributed by atoms with E-state index in [1.807, 2.05) is 4.90 Å². The van der Waals surface area contributed by atoms with Gasteiger partial charge in [0.2, 0.25) is 5.91 Å². The van der Waals surface area contributed by atoms with Crippen LogP contribution in [0.15, 0.2) is 0 Å². The van der Waals surface area contributed by atoms with Crippen LogP contribution in [0.2, 0.25) is 0 Å². The first-order valence-corrected chi connectivity index (χ1v) is 3.80. The first-order chi connectivity index (χ1) is 5.75. The molecule has 1 aliphatic rings. The summed E-state index contributed by atoms with van der Waals surface area (Å²) in [6.07, 6.45) is 5.14. The smallest absolute Gasteiger partial charge is 0.237 e. The molecule has 1 unspecified atom stereocenters. The standard InChI is InChI=1S/C8H12N2O2/c1-2-3-10-4-5-12-6-7(10)8(9)11/h1,7H,3-6H2,(H2,9,11). The molecular formula is C8H12N2O2. The lowest BCUT2D eigenvalue weighted by molar-refractivity contribution is -0.128. The Hall–Kier alpha value is -1.05. The van der Waals surface area contributed by atoms with Crippen molar-refractivity contribution in [3.8, 4) is 12.3 Å². The summed E-state index contributed by atoms with van der Waals surface area (Å²) in [5.41, 5.74) is 5.16. The molecule has 4 nitrogen and oxygen atoms in total. The SMILES string of the molecule is C#CCN1CCOCC1C(N)=O. The number of hydrogen-bond donors (Lipinski definition) is 1. The molecule has 0 bridgehead atoms. The molecule has 1 atom stereocenters. The average molecular weight is 168 g/mol. The van der Waals surface area contributed by atoms with Crippen molar-refractivity contribution in [3.63, 3.8) is 0 Å². The highest BCUT2D eigenvalue weighted by atomic mass is 16.5. The van der Waals surface area contributed by atoms with Crippen LogP contribution in [0.1, 0.15) is 0 Å². The second-order valence-corrected chi connectivity index (χ2v) is 2.67. The van der Waals surface area contributed by atoms with E-state index in [4.69, 9.17) is 16.9 Å². The molecule has 1 amide bonds. The van der Waals surface area contributed by atoms with Crippen molar-refractivity contribution in [2.45, 2.75) is 6.04 Å². The molecule has 1 rings (SSSR count). The van der Waals surface area contributed by atoms with E-state index in [1.54, 1.807) is 0 Å². The van der Waals surface area contributed by atoms with E-state index in [0.717, 1.165) is 0 Å². The highest BCUT2D eigenvalue weighted by Gasteiger charge is 2.26. The summed E-state index contributed by atoms with van der Waals surface area (Å²) in [6.45, 7) is 2.11. The number of terminal acetylenes is 1. The molecule has 1 aliphatic heterocycles. The minimum absolute atomic E-state index is 0.352. The first-order valence-electron chi connectivity index (χ1n) is 3.80. The number of hydrogen-bond acceptors (Lipinski definition) is 3. The molecule has 2 N–H and O–H groups in total. The predicted octanol–water partition coefficient (Wildman–Crippen LogP) is -1.19. The van der Waals surface area contributed by atoms with Crippen molar-refractivity contribution in [3.05, 3.63) is 0 Å². The fourth-order valence-corrected chi connectivity index (χ4v) is 1.21. The van der Waals surface area contributed by atoms with Crippen molar-refractivity contribution in [1.82, 2.24) is 4.90 Å². The van der Waals surface area contributed by atoms with E-state index in [9.17, 15) is 4.79 Å². The van der Waals surface area contributed by atoms with E-state index >= 15 is 0 Å². The van der Waals surface area contributed by atoms with Crippen molar-refractivity contribution < 1.29 is 9.53 Å². The molecular weight excluding hydrogens is 156 g/mol. The molecule has 12 heavy (non-hydrogen) atoms. The monoisotopic (exact) mass is 168 g/mol. The summed E-state index contributed by atoms with van der Waals surface area (Å²) in [4.78, 5) is 12.7. The minimum Gasteiger partial charge on any atom is -0.378 e. The lowest BCUT2D eigenvalue weighted by Crippen LogP contribution is -2.52. The van der Waals surface area contributed by atoms with Crippen molar-refractivity contribution in [2.24, 2.45) is 5.73 Å². The molecule has 0 aliphatic carbocycles. The van der Waals surface area contributed by atoms with E-state index in [0.29, 0.717) is 26.3 Å². The van der Waals surface area contributed by atoms with Crippen molar-refractivity contribution in [1.29, 1.82) is 0 Å². The third-order valence-corrected chi connectivity index (χ3v) is 1.86. The largest absolute Gasteiger partial charge is 0.378 e. The van der Waals surface area contributed by atoms with Crippen LogP contribution in [0.4, 0.5) is 0 Å². The molecule has 66 valence electrons. The van der Waals surface area contributed by atoms with Gasteiger partial charge in [-0.1, -0.05) is 5.92 Å². The lowest BCUT2D eigenvalue weighted by atomic mass is 10.2. The molecule has 0 radical (unpaired) electrons. The zero-order valence-electron chi connectivity index (χ0n) is 6.82. The van der Waals surface area contributed by atoms with Gasteiger partial charge in [0.1, 0.15) is 6.04 Å². The van der Waals surface area contributed by atoms with Gasteiger partial charge >= 0.3 is 0 Å². The normalized spacial score (nSPS) is 24.8. The number of carbonyl (C=O) groups is 1. The Bertz CT molecular complexity index is 210. The van der Waals surface area contributed by atoms with Crippen LogP contribution in [0.3, 0.4) is 0 Å². The fourth-order valence-electron chi connectivity index (χ4n) is 1.21. The third kappa shape index (κ3) is 1.97. The minimum atomic E-state index is -0.370. The van der Waals surface area contributed by atoms with Crippen LogP contribution in [0.5, 0.6) is 0 Å². The Balaban J connectivity index is 2.55. The Kier molecular flexibility index (Phi) is 3.09. The van der Waals surface area contributed by atoms with Gasteiger partial charge in [-0.3, -0.25) is 9.69 Å². The maximum absolute atomic E-state index is 10.9. The number of carbonyl (C=O) groups excluding carboxylic acids is 1. The van der Waals surface area contributed by atoms with Gasteiger partial charge in [-0.25, -0.2) is 0 Å². The average Bonchev–Trinajstić information content (AvgIpc) is 2.05. The summed E-state index contributed by atoms with van der Waals surface area (Å²) in [6, 6.07) is -0.352. The van der Waals surface area contributed by atoms with Crippen LogP contribution in [0.25, 0.3) is 0 Å². The molecule has 4 heteroatoms. The second-order valence-electron chi connectivity index (χ2n) is 2.67. The van der Waals surface area contributed by atoms with Crippen LogP contribution in [-0.2, 0) is 9.53 Å². The number of nitrogens with zero attached hydrogens (tertiary/aromatic N) is 1. The fraction of sp³-hybridized carbons (Fsp3) is 0.625.